The lowest BCUT2D eigenvalue weighted by Gasteiger charge is -2.17. The summed E-state index contributed by atoms with van der Waals surface area (Å²) in [6, 6.07) is 12.4. The van der Waals surface area contributed by atoms with Gasteiger partial charge in [0.1, 0.15) is 11.5 Å². The number of rotatable bonds is 6. The summed E-state index contributed by atoms with van der Waals surface area (Å²) in [6.45, 7) is 2.69. The van der Waals surface area contributed by atoms with Crippen LogP contribution in [-0.4, -0.2) is 25.7 Å². The lowest BCUT2D eigenvalue weighted by molar-refractivity contribution is 0.390. The van der Waals surface area contributed by atoms with E-state index in [9.17, 15) is 0 Å². The summed E-state index contributed by atoms with van der Waals surface area (Å²) in [5, 5.41) is 1.25. The van der Waals surface area contributed by atoms with Crippen molar-refractivity contribution in [2.45, 2.75) is 19.3 Å². The number of aromatic amines is 1. The molecule has 0 aliphatic carbocycles. The normalized spacial score (nSPS) is 12.3. The Morgan fingerprint density at radius 3 is 2.62 bits per heavy atom. The van der Waals surface area contributed by atoms with E-state index in [0.29, 0.717) is 6.54 Å². The van der Waals surface area contributed by atoms with Crippen LogP contribution in [0.3, 0.4) is 0 Å². The number of nitrogens with two attached hydrogens (primary N) is 1. The molecule has 0 saturated carbocycles. The van der Waals surface area contributed by atoms with Crippen molar-refractivity contribution in [3.05, 3.63) is 59.3 Å². The Hall–Kier alpha value is -2.46. The third-order valence-electron chi connectivity index (χ3n) is 4.55. The van der Waals surface area contributed by atoms with Gasteiger partial charge in [-0.2, -0.15) is 0 Å². The van der Waals surface area contributed by atoms with Crippen molar-refractivity contribution in [3.63, 3.8) is 0 Å². The van der Waals surface area contributed by atoms with Gasteiger partial charge in [0.15, 0.2) is 0 Å². The fourth-order valence-electron chi connectivity index (χ4n) is 3.20. The summed E-state index contributed by atoms with van der Waals surface area (Å²) >= 11 is 0. The molecule has 1 atom stereocenters. The number of H-pyrrole nitrogens is 1. The molecule has 0 aliphatic rings. The van der Waals surface area contributed by atoms with Gasteiger partial charge in [0, 0.05) is 29.1 Å². The molecule has 3 rings (SSSR count). The fraction of sp³-hybridized carbons (Fsp3) is 0.300. The molecule has 1 heterocycles. The molecule has 1 unspecified atom stereocenters. The SMILES string of the molecule is COc1ccc(CC(CN)c2c[nH]c3ccc(C)cc23)c(OC)c1. The molecule has 0 amide bonds. The molecule has 4 nitrogen and oxygen atoms in total. The van der Waals surface area contributed by atoms with Gasteiger partial charge < -0.3 is 20.2 Å². The highest BCUT2D eigenvalue weighted by atomic mass is 16.5. The zero-order valence-corrected chi connectivity index (χ0v) is 14.4. The third-order valence-corrected chi connectivity index (χ3v) is 4.55. The van der Waals surface area contributed by atoms with E-state index < -0.39 is 0 Å². The molecule has 0 spiro atoms. The van der Waals surface area contributed by atoms with Gasteiger partial charge in [-0.3, -0.25) is 0 Å². The molecule has 0 fully saturated rings. The first kappa shape index (κ1) is 16.4. The average molecular weight is 324 g/mol. The van der Waals surface area contributed by atoms with Gasteiger partial charge in [-0.25, -0.2) is 0 Å². The number of fused-ring (bicyclic) bond motifs is 1. The van der Waals surface area contributed by atoms with Crippen LogP contribution in [0.5, 0.6) is 11.5 Å². The van der Waals surface area contributed by atoms with Crippen LogP contribution in [0.15, 0.2) is 42.6 Å². The summed E-state index contributed by atoms with van der Waals surface area (Å²) < 4.78 is 10.8. The minimum atomic E-state index is 0.225. The van der Waals surface area contributed by atoms with Crippen molar-refractivity contribution >= 4 is 10.9 Å². The van der Waals surface area contributed by atoms with Crippen LogP contribution in [0, 0.1) is 6.92 Å². The van der Waals surface area contributed by atoms with Gasteiger partial charge >= 0.3 is 0 Å². The highest BCUT2D eigenvalue weighted by molar-refractivity contribution is 5.84. The van der Waals surface area contributed by atoms with E-state index in [0.717, 1.165) is 29.0 Å². The predicted octanol–water partition coefficient (Wildman–Crippen LogP) is 3.78. The zero-order valence-electron chi connectivity index (χ0n) is 14.4. The Bertz CT molecular complexity index is 839. The van der Waals surface area contributed by atoms with Crippen LogP contribution < -0.4 is 15.2 Å². The van der Waals surface area contributed by atoms with Crippen LogP contribution in [0.25, 0.3) is 10.9 Å². The number of hydrogen-bond donors (Lipinski definition) is 2. The molecule has 4 heteroatoms. The second kappa shape index (κ2) is 6.97. The highest BCUT2D eigenvalue weighted by Crippen LogP contribution is 2.32. The topological polar surface area (TPSA) is 60.3 Å². The Labute approximate surface area is 142 Å². The maximum Gasteiger partial charge on any atom is 0.125 e. The van der Waals surface area contributed by atoms with E-state index in [2.05, 4.69) is 42.4 Å². The Kier molecular flexibility index (Phi) is 4.76. The molecule has 0 bridgehead atoms. The molecule has 126 valence electrons. The maximum absolute atomic E-state index is 6.11. The van der Waals surface area contributed by atoms with Crippen molar-refractivity contribution < 1.29 is 9.47 Å². The van der Waals surface area contributed by atoms with E-state index >= 15 is 0 Å². The van der Waals surface area contributed by atoms with Gasteiger partial charge in [0.2, 0.25) is 0 Å². The number of aryl methyl sites for hydroxylation is 1. The Balaban J connectivity index is 1.96. The highest BCUT2D eigenvalue weighted by Gasteiger charge is 2.17. The second-order valence-electron chi connectivity index (χ2n) is 6.11. The lowest BCUT2D eigenvalue weighted by Crippen LogP contribution is -2.15. The van der Waals surface area contributed by atoms with Crippen LogP contribution >= 0.6 is 0 Å². The van der Waals surface area contributed by atoms with Crippen molar-refractivity contribution in [2.24, 2.45) is 5.73 Å². The van der Waals surface area contributed by atoms with Crippen LogP contribution in [0.1, 0.15) is 22.6 Å². The first-order chi connectivity index (χ1) is 11.7. The van der Waals surface area contributed by atoms with E-state index in [1.807, 2.05) is 12.1 Å². The van der Waals surface area contributed by atoms with Gasteiger partial charge in [-0.05, 0) is 49.2 Å². The largest absolute Gasteiger partial charge is 0.497 e. The smallest absolute Gasteiger partial charge is 0.125 e. The van der Waals surface area contributed by atoms with Crippen LogP contribution in [0.4, 0.5) is 0 Å². The molecule has 0 aliphatic heterocycles. The lowest BCUT2D eigenvalue weighted by atomic mass is 9.91. The first-order valence-corrected chi connectivity index (χ1v) is 8.15. The van der Waals surface area contributed by atoms with Crippen LogP contribution in [0.2, 0.25) is 0 Å². The fourth-order valence-corrected chi connectivity index (χ4v) is 3.20. The molecule has 2 aromatic carbocycles. The summed E-state index contributed by atoms with van der Waals surface area (Å²) in [6.07, 6.45) is 2.90. The predicted molar refractivity (Wildman–Crippen MR) is 98.1 cm³/mol. The Morgan fingerprint density at radius 1 is 1.08 bits per heavy atom. The van der Waals surface area contributed by atoms with Gasteiger partial charge in [0.25, 0.3) is 0 Å². The van der Waals surface area contributed by atoms with Crippen molar-refractivity contribution in [1.29, 1.82) is 0 Å². The summed E-state index contributed by atoms with van der Waals surface area (Å²) in [5.74, 6) is 1.86. The molecule has 3 N–H and O–H groups in total. The minimum absolute atomic E-state index is 0.225. The van der Waals surface area contributed by atoms with Crippen molar-refractivity contribution in [2.75, 3.05) is 20.8 Å². The molecule has 0 saturated heterocycles. The zero-order chi connectivity index (χ0) is 17.1. The standard InChI is InChI=1S/C20H24N2O2/c1-13-4-7-19-17(8-13)18(12-22-19)15(11-21)9-14-5-6-16(23-2)10-20(14)24-3/h4-8,10,12,15,22H,9,11,21H2,1-3H3. The van der Waals surface area contributed by atoms with E-state index in [-0.39, 0.29) is 5.92 Å². The molecular weight excluding hydrogens is 300 g/mol. The average Bonchev–Trinajstić information content (AvgIpc) is 3.02. The molecule has 1 aromatic heterocycles. The summed E-state index contributed by atoms with van der Waals surface area (Å²) in [7, 11) is 3.34. The monoisotopic (exact) mass is 324 g/mol. The number of hydrogen-bond acceptors (Lipinski definition) is 3. The second-order valence-corrected chi connectivity index (χ2v) is 6.11. The van der Waals surface area contributed by atoms with E-state index in [4.69, 9.17) is 15.2 Å². The molecular formula is C20H24N2O2. The number of nitrogens with one attached hydrogen (secondary N) is 1. The number of methoxy groups -OCH3 is 2. The van der Waals surface area contributed by atoms with Crippen LogP contribution in [-0.2, 0) is 6.42 Å². The molecule has 24 heavy (non-hydrogen) atoms. The maximum atomic E-state index is 6.11. The third kappa shape index (κ3) is 3.10. The first-order valence-electron chi connectivity index (χ1n) is 8.15. The number of aromatic nitrogens is 1. The van der Waals surface area contributed by atoms with Crippen molar-refractivity contribution in [3.8, 4) is 11.5 Å². The van der Waals surface area contributed by atoms with Crippen molar-refractivity contribution in [1.82, 2.24) is 4.98 Å². The van der Waals surface area contributed by atoms with Gasteiger partial charge in [-0.15, -0.1) is 0 Å². The van der Waals surface area contributed by atoms with Gasteiger partial charge in [0.05, 0.1) is 14.2 Å². The van der Waals surface area contributed by atoms with Gasteiger partial charge in [-0.1, -0.05) is 17.7 Å². The molecule has 3 aromatic rings. The number of ether oxygens (including phenoxy) is 2. The van der Waals surface area contributed by atoms with E-state index in [1.165, 1.54) is 16.5 Å². The molecule has 0 radical (unpaired) electrons. The van der Waals surface area contributed by atoms with E-state index in [1.54, 1.807) is 14.2 Å². The number of benzene rings is 2. The quantitative estimate of drug-likeness (QED) is 0.725. The minimum Gasteiger partial charge on any atom is -0.497 e. The summed E-state index contributed by atoms with van der Waals surface area (Å²) in [5.41, 5.74) is 10.9. The summed E-state index contributed by atoms with van der Waals surface area (Å²) in [4.78, 5) is 3.36. The Morgan fingerprint density at radius 2 is 1.92 bits per heavy atom.